The second kappa shape index (κ2) is 2.76. The fourth-order valence-electron chi connectivity index (χ4n) is 0.516. The summed E-state index contributed by atoms with van der Waals surface area (Å²) in [6.45, 7) is 0. The highest BCUT2D eigenvalue weighted by molar-refractivity contribution is 7.80. The van der Waals surface area contributed by atoms with Gasteiger partial charge in [0.05, 0.1) is 9.92 Å². The van der Waals surface area contributed by atoms with Crippen LogP contribution in [0.25, 0.3) is 0 Å². The van der Waals surface area contributed by atoms with Crippen molar-refractivity contribution in [1.29, 1.82) is 0 Å². The van der Waals surface area contributed by atoms with Gasteiger partial charge in [-0.3, -0.25) is 0 Å². The van der Waals surface area contributed by atoms with Crippen LogP contribution in [0.1, 0.15) is 0 Å². The molecule has 0 amide bonds. The van der Waals surface area contributed by atoms with Gasteiger partial charge >= 0.3 is 0 Å². The molecule has 0 radical (unpaired) electrons. The van der Waals surface area contributed by atoms with Crippen molar-refractivity contribution in [3.05, 3.63) is 28.8 Å². The van der Waals surface area contributed by atoms with Crippen LogP contribution in [-0.4, -0.2) is 0 Å². The maximum absolute atomic E-state index is 12.4. The lowest BCUT2D eigenvalue weighted by atomic mass is 10.3. The van der Waals surface area contributed by atoms with Gasteiger partial charge in [0.15, 0.2) is 0 Å². The Morgan fingerprint density at radius 1 is 1.20 bits per heavy atom. The Hall–Kier alpha value is -0.280. The molecule has 54 valence electrons. The van der Waals surface area contributed by atoms with E-state index in [1.165, 1.54) is 0 Å². The highest BCUT2D eigenvalue weighted by Gasteiger charge is 2.06. The largest absolute Gasteiger partial charge is 0.206 e. The van der Waals surface area contributed by atoms with Crippen LogP contribution in [0, 0.1) is 11.6 Å². The van der Waals surface area contributed by atoms with Crippen molar-refractivity contribution in [1.82, 2.24) is 0 Å². The van der Waals surface area contributed by atoms with E-state index >= 15 is 0 Å². The van der Waals surface area contributed by atoms with Crippen LogP contribution in [0.15, 0.2) is 17.0 Å². The van der Waals surface area contributed by atoms with E-state index < -0.39 is 11.6 Å². The molecule has 0 N–H and O–H groups in total. The lowest BCUT2D eigenvalue weighted by Crippen LogP contribution is -1.82. The van der Waals surface area contributed by atoms with Gasteiger partial charge in [-0.15, -0.1) is 12.6 Å². The van der Waals surface area contributed by atoms with Crippen LogP contribution < -0.4 is 0 Å². The summed E-state index contributed by atoms with van der Waals surface area (Å²) in [4.78, 5) is -0.151. The number of rotatable bonds is 0. The van der Waals surface area contributed by atoms with Crippen LogP contribution in [-0.2, 0) is 0 Å². The Morgan fingerprint density at radius 3 is 2.20 bits per heavy atom. The molecule has 0 unspecified atom stereocenters. The fourth-order valence-corrected chi connectivity index (χ4v) is 0.851. The van der Waals surface area contributed by atoms with Crippen LogP contribution in [0.3, 0.4) is 0 Å². The normalized spacial score (nSPS) is 10.0. The first kappa shape index (κ1) is 7.82. The zero-order valence-electron chi connectivity index (χ0n) is 4.74. The average Bonchev–Trinajstić information content (AvgIpc) is 1.93. The van der Waals surface area contributed by atoms with Crippen LogP contribution in [0.2, 0.25) is 5.02 Å². The Bertz CT molecular complexity index is 235. The molecule has 0 aliphatic rings. The molecule has 0 saturated carbocycles. The minimum Gasteiger partial charge on any atom is -0.206 e. The average molecular weight is 181 g/mol. The summed E-state index contributed by atoms with van der Waals surface area (Å²) in [5.74, 6) is -1.28. The number of hydrogen-bond acceptors (Lipinski definition) is 1. The van der Waals surface area contributed by atoms with Crippen molar-refractivity contribution >= 4 is 24.2 Å². The molecule has 0 bridgehead atoms. The summed E-state index contributed by atoms with van der Waals surface area (Å²) in [6, 6.07) is 1.93. The molecule has 0 spiro atoms. The number of halogens is 3. The first-order valence-corrected chi connectivity index (χ1v) is 3.28. The van der Waals surface area contributed by atoms with E-state index in [1.807, 2.05) is 0 Å². The molecule has 1 aromatic rings. The Balaban J connectivity index is 3.34. The van der Waals surface area contributed by atoms with Crippen molar-refractivity contribution in [2.45, 2.75) is 4.90 Å². The Morgan fingerprint density at radius 2 is 1.70 bits per heavy atom. The molecule has 0 nitrogen and oxygen atoms in total. The number of thiol groups is 1. The highest BCUT2D eigenvalue weighted by Crippen LogP contribution is 2.25. The van der Waals surface area contributed by atoms with E-state index in [0.29, 0.717) is 0 Å². The minimum atomic E-state index is -0.659. The minimum absolute atomic E-state index is 0.151. The van der Waals surface area contributed by atoms with Crippen molar-refractivity contribution in [3.63, 3.8) is 0 Å². The lowest BCUT2D eigenvalue weighted by Gasteiger charge is -1.97. The third kappa shape index (κ3) is 1.25. The summed E-state index contributed by atoms with van der Waals surface area (Å²) >= 11 is 8.93. The van der Waals surface area contributed by atoms with E-state index in [9.17, 15) is 8.78 Å². The van der Waals surface area contributed by atoms with E-state index in [-0.39, 0.29) is 9.92 Å². The number of hydrogen-bond donors (Lipinski definition) is 1. The Labute approximate surface area is 67.2 Å². The SMILES string of the molecule is Fc1ccc(F)c(Cl)c1S. The van der Waals surface area contributed by atoms with Crippen LogP contribution in [0.5, 0.6) is 0 Å². The van der Waals surface area contributed by atoms with Crippen LogP contribution in [0.4, 0.5) is 8.78 Å². The Kier molecular flexibility index (Phi) is 2.16. The van der Waals surface area contributed by atoms with E-state index in [2.05, 4.69) is 12.6 Å². The van der Waals surface area contributed by atoms with Gasteiger partial charge < -0.3 is 0 Å². The molecule has 0 heterocycles. The predicted octanol–water partition coefficient (Wildman–Crippen LogP) is 2.91. The van der Waals surface area contributed by atoms with Crippen molar-refractivity contribution < 1.29 is 8.78 Å². The van der Waals surface area contributed by atoms with Gasteiger partial charge in [-0.05, 0) is 12.1 Å². The summed E-state index contributed by atoms with van der Waals surface area (Å²) in [5.41, 5.74) is 0. The van der Waals surface area contributed by atoms with Crippen molar-refractivity contribution in [2.75, 3.05) is 0 Å². The van der Waals surface area contributed by atoms with E-state index in [0.717, 1.165) is 12.1 Å². The zero-order valence-corrected chi connectivity index (χ0v) is 6.39. The smallest absolute Gasteiger partial charge is 0.143 e. The standard InChI is InChI=1S/C6H3ClF2S/c7-5-3(8)1-2-4(9)6(5)10/h1-2,10H. The van der Waals surface area contributed by atoms with Crippen molar-refractivity contribution in [2.24, 2.45) is 0 Å². The second-order valence-electron chi connectivity index (χ2n) is 1.69. The van der Waals surface area contributed by atoms with E-state index in [1.54, 1.807) is 0 Å². The van der Waals surface area contributed by atoms with Gasteiger partial charge in [0.2, 0.25) is 0 Å². The molecular formula is C6H3ClF2S. The molecule has 0 aliphatic carbocycles. The molecule has 4 heteroatoms. The first-order chi connectivity index (χ1) is 4.63. The quantitative estimate of drug-likeness (QED) is 0.461. The zero-order chi connectivity index (χ0) is 7.72. The molecule has 0 saturated heterocycles. The van der Waals surface area contributed by atoms with Gasteiger partial charge in [0.25, 0.3) is 0 Å². The third-order valence-electron chi connectivity index (χ3n) is 1.02. The fraction of sp³-hybridized carbons (Fsp3) is 0. The lowest BCUT2D eigenvalue weighted by molar-refractivity contribution is 0.578. The van der Waals surface area contributed by atoms with Crippen LogP contribution >= 0.6 is 24.2 Å². The molecule has 1 rings (SSSR count). The maximum atomic E-state index is 12.4. The predicted molar refractivity (Wildman–Crippen MR) is 38.6 cm³/mol. The number of benzene rings is 1. The molecule has 0 atom stereocenters. The molecule has 10 heavy (non-hydrogen) atoms. The topological polar surface area (TPSA) is 0 Å². The van der Waals surface area contributed by atoms with Gasteiger partial charge in [0.1, 0.15) is 11.6 Å². The first-order valence-electron chi connectivity index (χ1n) is 2.45. The van der Waals surface area contributed by atoms with Crippen molar-refractivity contribution in [3.8, 4) is 0 Å². The monoisotopic (exact) mass is 180 g/mol. The second-order valence-corrected chi connectivity index (χ2v) is 2.52. The molecular weight excluding hydrogens is 178 g/mol. The third-order valence-corrected chi connectivity index (χ3v) is 1.96. The molecule has 0 aromatic heterocycles. The summed E-state index contributed by atoms with van der Waals surface area (Å²) in [5, 5.41) is -0.275. The van der Waals surface area contributed by atoms with Gasteiger partial charge in [-0.2, -0.15) is 0 Å². The van der Waals surface area contributed by atoms with Gasteiger partial charge in [0, 0.05) is 0 Å². The summed E-state index contributed by atoms with van der Waals surface area (Å²) < 4.78 is 24.8. The van der Waals surface area contributed by atoms with Gasteiger partial charge in [-0.25, -0.2) is 8.78 Å². The summed E-state index contributed by atoms with van der Waals surface area (Å²) in [7, 11) is 0. The highest BCUT2D eigenvalue weighted by atomic mass is 35.5. The summed E-state index contributed by atoms with van der Waals surface area (Å²) in [6.07, 6.45) is 0. The molecule has 0 fully saturated rings. The van der Waals surface area contributed by atoms with Gasteiger partial charge in [-0.1, -0.05) is 11.6 Å². The molecule has 1 aromatic carbocycles. The van der Waals surface area contributed by atoms with E-state index in [4.69, 9.17) is 11.6 Å². The maximum Gasteiger partial charge on any atom is 0.143 e. The molecule has 0 aliphatic heterocycles.